The van der Waals surface area contributed by atoms with Crippen LogP contribution >= 0.6 is 23.2 Å². The van der Waals surface area contributed by atoms with Crippen LogP contribution in [0.4, 0.5) is 23.9 Å². The molecule has 2 heterocycles. The molecule has 1 aromatic heterocycles. The maximum Gasteiger partial charge on any atom is 0.405 e. The lowest BCUT2D eigenvalue weighted by Gasteiger charge is -2.29. The van der Waals surface area contributed by atoms with Gasteiger partial charge >= 0.3 is 12.2 Å². The number of alkyl halides is 3. The number of halogens is 5. The summed E-state index contributed by atoms with van der Waals surface area (Å²) < 4.78 is 37.1. The first kappa shape index (κ1) is 21.4. The molecule has 2 amide bonds. The second kappa shape index (κ2) is 8.62. The van der Waals surface area contributed by atoms with Crippen molar-refractivity contribution in [3.8, 4) is 0 Å². The Bertz CT molecular complexity index is 910. The Labute approximate surface area is 175 Å². The van der Waals surface area contributed by atoms with Gasteiger partial charge in [0.05, 0.1) is 28.3 Å². The molecule has 1 aliphatic heterocycles. The van der Waals surface area contributed by atoms with E-state index >= 15 is 0 Å². The topological polar surface area (TPSA) is 70.2 Å². The third kappa shape index (κ3) is 5.63. The van der Waals surface area contributed by atoms with Crippen molar-refractivity contribution < 1.29 is 18.0 Å². The molecule has 0 aliphatic carbocycles. The number of nitrogens with one attached hydrogen (secondary N) is 2. The highest BCUT2D eigenvalue weighted by Crippen LogP contribution is 2.26. The molecule has 156 valence electrons. The lowest BCUT2D eigenvalue weighted by atomic mass is 10.1. The van der Waals surface area contributed by atoms with E-state index in [2.05, 4.69) is 20.6 Å². The van der Waals surface area contributed by atoms with Gasteiger partial charge in [0.25, 0.3) is 0 Å². The molecule has 0 bridgehead atoms. The number of aromatic nitrogens is 2. The zero-order chi connectivity index (χ0) is 21.2. The maximum absolute atomic E-state index is 12.6. The van der Waals surface area contributed by atoms with Gasteiger partial charge in [0.1, 0.15) is 6.54 Å². The standard InChI is InChI=1S/C18H18Cl2F3N5O/c1-10(11-2-3-13(19)14(20)6-11)26-17(29)28-5-4-12-7-24-16(27-15(12)8-28)25-9-18(21,22)23/h2-3,6-7,10H,4-5,8-9H2,1H3,(H,26,29)(H,24,25,27)/t10-/m1/s1. The molecule has 2 aromatic rings. The van der Waals surface area contributed by atoms with E-state index in [9.17, 15) is 18.0 Å². The largest absolute Gasteiger partial charge is 0.405 e. The monoisotopic (exact) mass is 447 g/mol. The van der Waals surface area contributed by atoms with Crippen LogP contribution in [0.1, 0.15) is 29.8 Å². The van der Waals surface area contributed by atoms with Gasteiger partial charge in [0, 0.05) is 12.7 Å². The highest BCUT2D eigenvalue weighted by Gasteiger charge is 2.28. The number of anilines is 1. The molecule has 0 fully saturated rings. The third-order valence-electron chi connectivity index (χ3n) is 4.46. The lowest BCUT2D eigenvalue weighted by Crippen LogP contribution is -2.44. The predicted molar refractivity (Wildman–Crippen MR) is 104 cm³/mol. The van der Waals surface area contributed by atoms with Crippen LogP contribution in [0.15, 0.2) is 24.4 Å². The Morgan fingerprint density at radius 3 is 2.76 bits per heavy atom. The summed E-state index contributed by atoms with van der Waals surface area (Å²) in [5, 5.41) is 5.86. The fourth-order valence-corrected chi connectivity index (χ4v) is 3.19. The third-order valence-corrected chi connectivity index (χ3v) is 5.20. The Morgan fingerprint density at radius 2 is 2.07 bits per heavy atom. The van der Waals surface area contributed by atoms with Crippen molar-refractivity contribution in [3.05, 3.63) is 51.3 Å². The summed E-state index contributed by atoms with van der Waals surface area (Å²) >= 11 is 11.9. The van der Waals surface area contributed by atoms with E-state index in [4.69, 9.17) is 23.2 Å². The first-order chi connectivity index (χ1) is 13.6. The van der Waals surface area contributed by atoms with Crippen molar-refractivity contribution in [1.82, 2.24) is 20.2 Å². The molecule has 0 saturated heterocycles. The molecule has 1 aromatic carbocycles. The quantitative estimate of drug-likeness (QED) is 0.718. The van der Waals surface area contributed by atoms with Crippen molar-refractivity contribution in [2.24, 2.45) is 0 Å². The molecule has 11 heteroatoms. The van der Waals surface area contributed by atoms with Gasteiger partial charge in [0.15, 0.2) is 0 Å². The Hall–Kier alpha value is -2.26. The second-order valence-corrected chi connectivity index (χ2v) is 7.46. The van der Waals surface area contributed by atoms with Crippen LogP contribution in [0.5, 0.6) is 0 Å². The van der Waals surface area contributed by atoms with E-state index in [1.807, 2.05) is 6.92 Å². The number of carbonyl (C=O) groups excluding carboxylic acids is 1. The number of hydrogen-bond donors (Lipinski definition) is 2. The number of hydrogen-bond acceptors (Lipinski definition) is 4. The first-order valence-corrected chi connectivity index (χ1v) is 9.54. The van der Waals surface area contributed by atoms with E-state index in [0.717, 1.165) is 11.1 Å². The number of urea groups is 1. The number of nitrogens with zero attached hydrogens (tertiary/aromatic N) is 3. The van der Waals surface area contributed by atoms with Gasteiger partial charge in [-0.2, -0.15) is 13.2 Å². The van der Waals surface area contributed by atoms with Crippen molar-refractivity contribution >= 4 is 35.2 Å². The summed E-state index contributed by atoms with van der Waals surface area (Å²) in [4.78, 5) is 22.2. The van der Waals surface area contributed by atoms with Crippen molar-refractivity contribution in [2.45, 2.75) is 32.1 Å². The number of rotatable bonds is 4. The molecule has 29 heavy (non-hydrogen) atoms. The van der Waals surface area contributed by atoms with E-state index < -0.39 is 12.7 Å². The molecule has 1 atom stereocenters. The van der Waals surface area contributed by atoms with Gasteiger partial charge in [-0.1, -0.05) is 29.3 Å². The van der Waals surface area contributed by atoms with Gasteiger partial charge < -0.3 is 15.5 Å². The summed E-state index contributed by atoms with van der Waals surface area (Å²) in [6.45, 7) is 1.22. The van der Waals surface area contributed by atoms with Gasteiger partial charge in [-0.25, -0.2) is 14.8 Å². The molecule has 0 spiro atoms. The minimum absolute atomic E-state index is 0.118. The summed E-state index contributed by atoms with van der Waals surface area (Å²) in [7, 11) is 0. The van der Waals surface area contributed by atoms with E-state index in [1.165, 1.54) is 6.20 Å². The SMILES string of the molecule is C[C@@H](NC(=O)N1CCc2cnc(NCC(F)(F)F)nc2C1)c1ccc(Cl)c(Cl)c1. The normalized spacial score (nSPS) is 14.9. The first-order valence-electron chi connectivity index (χ1n) is 8.78. The molecule has 2 N–H and O–H groups in total. The molecular formula is C18H18Cl2F3N5O. The summed E-state index contributed by atoms with van der Waals surface area (Å²) in [6.07, 6.45) is -2.36. The number of fused-ring (bicyclic) bond motifs is 1. The van der Waals surface area contributed by atoms with Crippen LogP contribution in [-0.2, 0) is 13.0 Å². The predicted octanol–water partition coefficient (Wildman–Crippen LogP) is 4.59. The molecule has 0 saturated carbocycles. The molecule has 6 nitrogen and oxygen atoms in total. The van der Waals surface area contributed by atoms with Gasteiger partial charge in [-0.3, -0.25) is 0 Å². The zero-order valence-corrected chi connectivity index (χ0v) is 16.9. The van der Waals surface area contributed by atoms with Crippen LogP contribution in [0.25, 0.3) is 0 Å². The molecule has 0 radical (unpaired) electrons. The van der Waals surface area contributed by atoms with Gasteiger partial charge in [-0.15, -0.1) is 0 Å². The van der Waals surface area contributed by atoms with Crippen molar-refractivity contribution in [3.63, 3.8) is 0 Å². The van der Waals surface area contributed by atoms with Gasteiger partial charge in [-0.05, 0) is 36.6 Å². The van der Waals surface area contributed by atoms with Crippen LogP contribution in [-0.4, -0.2) is 40.2 Å². The number of amides is 2. The fraction of sp³-hybridized carbons (Fsp3) is 0.389. The molecular weight excluding hydrogens is 430 g/mol. The smallest absolute Gasteiger partial charge is 0.345 e. The zero-order valence-electron chi connectivity index (χ0n) is 15.4. The summed E-state index contributed by atoms with van der Waals surface area (Å²) in [6, 6.07) is 4.50. The highest BCUT2D eigenvalue weighted by atomic mass is 35.5. The average Bonchev–Trinajstić information content (AvgIpc) is 2.67. The molecule has 3 rings (SSSR count). The Balaban J connectivity index is 1.64. The van der Waals surface area contributed by atoms with E-state index in [0.29, 0.717) is 28.7 Å². The maximum atomic E-state index is 12.6. The van der Waals surface area contributed by atoms with Crippen LogP contribution < -0.4 is 10.6 Å². The van der Waals surface area contributed by atoms with Gasteiger partial charge in [0.2, 0.25) is 5.95 Å². The van der Waals surface area contributed by atoms with Crippen LogP contribution in [0.3, 0.4) is 0 Å². The Kier molecular flexibility index (Phi) is 6.38. The minimum Gasteiger partial charge on any atom is -0.345 e. The fourth-order valence-electron chi connectivity index (χ4n) is 2.88. The van der Waals surface area contributed by atoms with Crippen molar-refractivity contribution in [2.75, 3.05) is 18.4 Å². The second-order valence-electron chi connectivity index (χ2n) is 6.65. The molecule has 0 unspecified atom stereocenters. The summed E-state index contributed by atoms with van der Waals surface area (Å²) in [5.74, 6) is -0.118. The van der Waals surface area contributed by atoms with Crippen molar-refractivity contribution in [1.29, 1.82) is 0 Å². The molecule has 1 aliphatic rings. The lowest BCUT2D eigenvalue weighted by molar-refractivity contribution is -0.115. The van der Waals surface area contributed by atoms with Crippen LogP contribution in [0, 0.1) is 0 Å². The average molecular weight is 448 g/mol. The Morgan fingerprint density at radius 1 is 1.31 bits per heavy atom. The number of benzene rings is 1. The highest BCUT2D eigenvalue weighted by molar-refractivity contribution is 6.42. The minimum atomic E-state index is -4.37. The van der Waals surface area contributed by atoms with E-state index in [-0.39, 0.29) is 24.6 Å². The number of carbonyl (C=O) groups is 1. The summed E-state index contributed by atoms with van der Waals surface area (Å²) in [5.41, 5.74) is 2.13. The van der Waals surface area contributed by atoms with E-state index in [1.54, 1.807) is 23.1 Å². The van der Waals surface area contributed by atoms with Crippen LogP contribution in [0.2, 0.25) is 10.0 Å².